The topological polar surface area (TPSA) is 74.8 Å². The molecule has 1 N–H and O–H groups in total. The maximum atomic E-state index is 13.4. The average molecular weight is 489 g/mol. The first-order valence-corrected chi connectivity index (χ1v) is 13.2. The highest BCUT2D eigenvalue weighted by molar-refractivity contribution is 5.79. The van der Waals surface area contributed by atoms with Gasteiger partial charge < -0.3 is 15.0 Å². The summed E-state index contributed by atoms with van der Waals surface area (Å²) in [6, 6.07) is 13.8. The Morgan fingerprint density at radius 1 is 1.08 bits per heavy atom. The highest BCUT2D eigenvalue weighted by Crippen LogP contribution is 2.32. The lowest BCUT2D eigenvalue weighted by atomic mass is 9.82. The van der Waals surface area contributed by atoms with Crippen LogP contribution in [0.3, 0.4) is 0 Å². The zero-order chi connectivity index (χ0) is 24.7. The Morgan fingerprint density at radius 2 is 1.94 bits per heavy atom. The molecule has 7 heteroatoms. The minimum absolute atomic E-state index is 0.0301. The van der Waals surface area contributed by atoms with E-state index in [2.05, 4.69) is 27.3 Å². The maximum Gasteiger partial charge on any atom is 0.236 e. The van der Waals surface area contributed by atoms with E-state index in [0.29, 0.717) is 45.1 Å². The summed E-state index contributed by atoms with van der Waals surface area (Å²) in [4.78, 5) is 34.7. The molecule has 190 valence electrons. The van der Waals surface area contributed by atoms with Crippen molar-refractivity contribution < 1.29 is 14.3 Å². The van der Waals surface area contributed by atoms with Crippen molar-refractivity contribution in [2.75, 3.05) is 32.8 Å². The summed E-state index contributed by atoms with van der Waals surface area (Å²) in [5, 5.41) is 3.01. The highest BCUT2D eigenvalue weighted by Gasteiger charge is 2.33. The number of hydrogen-bond acceptors (Lipinski definition) is 5. The molecule has 0 spiro atoms. The van der Waals surface area contributed by atoms with Crippen LogP contribution in [-0.2, 0) is 22.7 Å². The summed E-state index contributed by atoms with van der Waals surface area (Å²) in [5.41, 5.74) is 1.97. The maximum absolute atomic E-state index is 13.4. The molecular formula is C29H36N4O3. The largest absolute Gasteiger partial charge is 0.489 e. The van der Waals surface area contributed by atoms with Crippen LogP contribution in [0.5, 0.6) is 5.75 Å². The minimum Gasteiger partial charge on any atom is -0.489 e. The first-order valence-electron chi connectivity index (χ1n) is 13.2. The van der Waals surface area contributed by atoms with Gasteiger partial charge in [-0.3, -0.25) is 19.5 Å². The van der Waals surface area contributed by atoms with Gasteiger partial charge in [-0.25, -0.2) is 0 Å². The standard InChI is InChI=1S/C29H36N4O3/c34-28(31-17-26-8-3-4-13-30-26)16-23-12-14-33-20-24(23)7-5-15-36-27-9-2-1-6-25(27)19-32(21-29(33)35)18-22-10-11-22/h1-9,13,22-24H,10-12,14-21H2,(H,31,34)/t23-,24-/m0/s1. The Hall–Kier alpha value is -3.19. The molecule has 2 atom stereocenters. The summed E-state index contributed by atoms with van der Waals surface area (Å²) in [6.45, 7) is 4.36. The number of carbonyl (C=O) groups is 2. The van der Waals surface area contributed by atoms with E-state index in [4.69, 9.17) is 4.74 Å². The van der Waals surface area contributed by atoms with Crippen LogP contribution in [0.25, 0.3) is 0 Å². The van der Waals surface area contributed by atoms with Crippen molar-refractivity contribution in [3.8, 4) is 5.75 Å². The Morgan fingerprint density at radius 3 is 2.78 bits per heavy atom. The van der Waals surface area contributed by atoms with Crippen molar-refractivity contribution >= 4 is 11.8 Å². The fraction of sp³-hybridized carbons (Fsp3) is 0.483. The van der Waals surface area contributed by atoms with Crippen LogP contribution in [-0.4, -0.2) is 59.4 Å². The third kappa shape index (κ3) is 6.72. The number of amides is 2. The molecule has 1 aliphatic carbocycles. The van der Waals surface area contributed by atoms with Crippen molar-refractivity contribution in [2.24, 2.45) is 17.8 Å². The van der Waals surface area contributed by atoms with E-state index in [1.165, 1.54) is 12.8 Å². The van der Waals surface area contributed by atoms with Gasteiger partial charge >= 0.3 is 0 Å². The van der Waals surface area contributed by atoms with Gasteiger partial charge in [0.25, 0.3) is 0 Å². The van der Waals surface area contributed by atoms with E-state index >= 15 is 0 Å². The molecular weight excluding hydrogens is 452 g/mol. The second kappa shape index (κ2) is 11.7. The Bertz CT molecular complexity index is 1070. The van der Waals surface area contributed by atoms with Gasteiger partial charge in [0.2, 0.25) is 11.8 Å². The fourth-order valence-corrected chi connectivity index (χ4v) is 5.26. The van der Waals surface area contributed by atoms with Crippen LogP contribution in [0, 0.1) is 17.8 Å². The van der Waals surface area contributed by atoms with Gasteiger partial charge in [0.15, 0.2) is 0 Å². The second-order valence-corrected chi connectivity index (χ2v) is 10.3. The predicted octanol–water partition coefficient (Wildman–Crippen LogP) is 3.41. The highest BCUT2D eigenvalue weighted by atomic mass is 16.5. The van der Waals surface area contributed by atoms with E-state index in [0.717, 1.165) is 36.5 Å². The van der Waals surface area contributed by atoms with Crippen molar-refractivity contribution in [1.82, 2.24) is 20.1 Å². The van der Waals surface area contributed by atoms with Crippen molar-refractivity contribution in [2.45, 2.75) is 38.8 Å². The SMILES string of the molecule is O=C(C[C@@H]1CCN2C[C@@H]1C=CCOc1ccccc1CN(CC1CC1)CC2=O)NCc1ccccn1. The van der Waals surface area contributed by atoms with Gasteiger partial charge in [-0.05, 0) is 55.2 Å². The van der Waals surface area contributed by atoms with Crippen LogP contribution in [0.1, 0.15) is 36.9 Å². The van der Waals surface area contributed by atoms with Crippen LogP contribution >= 0.6 is 0 Å². The van der Waals surface area contributed by atoms with Crippen molar-refractivity contribution in [1.29, 1.82) is 0 Å². The molecule has 0 radical (unpaired) electrons. The average Bonchev–Trinajstić information content (AvgIpc) is 3.71. The summed E-state index contributed by atoms with van der Waals surface area (Å²) in [5.74, 6) is 2.11. The number of hydrogen-bond donors (Lipinski definition) is 1. The smallest absolute Gasteiger partial charge is 0.236 e. The first-order chi connectivity index (χ1) is 17.6. The van der Waals surface area contributed by atoms with Gasteiger partial charge in [0.05, 0.1) is 18.8 Å². The van der Waals surface area contributed by atoms with Gasteiger partial charge in [0.1, 0.15) is 12.4 Å². The molecule has 1 saturated carbocycles. The van der Waals surface area contributed by atoms with E-state index < -0.39 is 0 Å². The molecule has 7 nitrogen and oxygen atoms in total. The third-order valence-electron chi connectivity index (χ3n) is 7.46. The van der Waals surface area contributed by atoms with E-state index in [9.17, 15) is 9.59 Å². The van der Waals surface area contributed by atoms with E-state index in [-0.39, 0.29) is 23.7 Å². The zero-order valence-electron chi connectivity index (χ0n) is 20.9. The minimum atomic E-state index is 0.0301. The number of benzene rings is 1. The van der Waals surface area contributed by atoms with Gasteiger partial charge in [-0.2, -0.15) is 0 Å². The number of ether oxygens (including phenoxy) is 1. The van der Waals surface area contributed by atoms with E-state index in [1.807, 2.05) is 47.4 Å². The molecule has 2 fully saturated rings. The third-order valence-corrected chi connectivity index (χ3v) is 7.46. The lowest BCUT2D eigenvalue weighted by molar-refractivity contribution is -0.135. The van der Waals surface area contributed by atoms with E-state index in [1.54, 1.807) is 6.20 Å². The first kappa shape index (κ1) is 24.5. The van der Waals surface area contributed by atoms with Crippen LogP contribution < -0.4 is 10.1 Å². The molecule has 36 heavy (non-hydrogen) atoms. The Balaban J connectivity index is 1.27. The lowest BCUT2D eigenvalue weighted by Crippen LogP contribution is -2.48. The van der Waals surface area contributed by atoms with Crippen LogP contribution in [0.2, 0.25) is 0 Å². The summed E-state index contributed by atoms with van der Waals surface area (Å²) < 4.78 is 6.14. The van der Waals surface area contributed by atoms with Gasteiger partial charge in [-0.15, -0.1) is 0 Å². The molecule has 2 aliphatic heterocycles. The number of carbonyl (C=O) groups excluding carboxylic acids is 2. The number of nitrogens with zero attached hydrogens (tertiary/aromatic N) is 3. The number of nitrogens with one attached hydrogen (secondary N) is 1. The number of para-hydroxylation sites is 1. The Labute approximate surface area is 213 Å². The molecule has 3 heterocycles. The molecule has 1 aromatic carbocycles. The molecule has 1 saturated heterocycles. The number of pyridine rings is 1. The summed E-state index contributed by atoms with van der Waals surface area (Å²) >= 11 is 0. The number of piperidine rings is 1. The molecule has 5 rings (SSSR count). The predicted molar refractivity (Wildman–Crippen MR) is 138 cm³/mol. The van der Waals surface area contributed by atoms with Crippen LogP contribution in [0.15, 0.2) is 60.8 Å². The molecule has 2 bridgehead atoms. The Kier molecular flexibility index (Phi) is 7.96. The van der Waals surface area contributed by atoms with Crippen LogP contribution in [0.4, 0.5) is 0 Å². The lowest BCUT2D eigenvalue weighted by Gasteiger charge is -2.38. The summed E-state index contributed by atoms with van der Waals surface area (Å²) in [6.07, 6.45) is 9.71. The van der Waals surface area contributed by atoms with Gasteiger partial charge in [-0.1, -0.05) is 36.4 Å². The van der Waals surface area contributed by atoms with Gasteiger partial charge in [0, 0.05) is 44.4 Å². The zero-order valence-corrected chi connectivity index (χ0v) is 20.9. The summed E-state index contributed by atoms with van der Waals surface area (Å²) in [7, 11) is 0. The normalized spacial score (nSPS) is 23.0. The van der Waals surface area contributed by atoms with Crippen molar-refractivity contribution in [3.63, 3.8) is 0 Å². The number of rotatable bonds is 6. The number of fused-ring (bicyclic) bond motifs is 3. The second-order valence-electron chi connectivity index (χ2n) is 10.3. The van der Waals surface area contributed by atoms with Crippen molar-refractivity contribution in [3.05, 3.63) is 72.1 Å². The molecule has 2 aromatic rings. The number of aromatic nitrogens is 1. The monoisotopic (exact) mass is 488 g/mol. The molecule has 0 unspecified atom stereocenters. The fourth-order valence-electron chi connectivity index (χ4n) is 5.26. The molecule has 1 aromatic heterocycles. The molecule has 2 amide bonds. The quantitative estimate of drug-likeness (QED) is 0.631. The molecule has 3 aliphatic rings.